The summed E-state index contributed by atoms with van der Waals surface area (Å²) < 4.78 is 18.8. The Balaban J connectivity index is 1.80. The van der Waals surface area contributed by atoms with Crippen molar-refractivity contribution in [2.24, 2.45) is 0 Å². The van der Waals surface area contributed by atoms with Gasteiger partial charge in [0.2, 0.25) is 0 Å². The van der Waals surface area contributed by atoms with Crippen LogP contribution in [0.1, 0.15) is 5.69 Å². The first-order valence-electron chi connectivity index (χ1n) is 5.97. The maximum atomic E-state index is 13.4. The van der Waals surface area contributed by atoms with Gasteiger partial charge in [-0.2, -0.15) is 0 Å². The van der Waals surface area contributed by atoms with Crippen molar-refractivity contribution in [1.29, 1.82) is 0 Å². The monoisotopic (exact) mass is 256 g/mol. The second-order valence-corrected chi connectivity index (χ2v) is 4.36. The van der Waals surface area contributed by atoms with E-state index in [0.29, 0.717) is 5.69 Å². The van der Waals surface area contributed by atoms with E-state index >= 15 is 0 Å². The van der Waals surface area contributed by atoms with E-state index in [-0.39, 0.29) is 18.2 Å². The number of hydrogen-bond acceptors (Lipinski definition) is 2. The van der Waals surface area contributed by atoms with Crippen molar-refractivity contribution < 1.29 is 9.13 Å². The Hall–Kier alpha value is -2.49. The fourth-order valence-electron chi connectivity index (χ4n) is 2.00. The summed E-state index contributed by atoms with van der Waals surface area (Å²) in [6, 6.07) is 14.0. The van der Waals surface area contributed by atoms with Crippen molar-refractivity contribution in [3.8, 4) is 5.75 Å². The van der Waals surface area contributed by atoms with Crippen LogP contribution in [0, 0.1) is 5.82 Å². The van der Waals surface area contributed by atoms with Crippen molar-refractivity contribution >= 4 is 16.6 Å². The molecule has 4 heteroatoms. The molecule has 3 rings (SSSR count). The molecule has 0 spiro atoms. The zero-order valence-electron chi connectivity index (χ0n) is 10.2. The van der Waals surface area contributed by atoms with Gasteiger partial charge in [-0.25, -0.2) is 4.39 Å². The second-order valence-electron chi connectivity index (χ2n) is 4.36. The molecular weight excluding hydrogens is 243 g/mol. The molecule has 2 aromatic carbocycles. The minimum absolute atomic E-state index is 0.251. The first-order chi connectivity index (χ1) is 9.22. The molecule has 0 atom stereocenters. The van der Waals surface area contributed by atoms with E-state index in [1.807, 2.05) is 24.3 Å². The lowest BCUT2D eigenvalue weighted by Gasteiger charge is -2.05. The number of hydrogen-bond donors (Lipinski definition) is 2. The Labute approximate surface area is 109 Å². The molecule has 0 aliphatic heterocycles. The molecule has 3 N–H and O–H groups in total. The van der Waals surface area contributed by atoms with Gasteiger partial charge < -0.3 is 15.5 Å². The third kappa shape index (κ3) is 2.38. The lowest BCUT2D eigenvalue weighted by Crippen LogP contribution is -1.97. The molecular formula is C15H13FN2O. The van der Waals surface area contributed by atoms with Gasteiger partial charge in [0.05, 0.1) is 5.69 Å². The number of benzene rings is 2. The summed E-state index contributed by atoms with van der Waals surface area (Å²) in [7, 11) is 0. The van der Waals surface area contributed by atoms with Gasteiger partial charge >= 0.3 is 0 Å². The predicted molar refractivity (Wildman–Crippen MR) is 73.4 cm³/mol. The third-order valence-corrected chi connectivity index (χ3v) is 2.92. The summed E-state index contributed by atoms with van der Waals surface area (Å²) >= 11 is 0. The summed E-state index contributed by atoms with van der Waals surface area (Å²) in [4.78, 5) is 3.20. The van der Waals surface area contributed by atoms with Gasteiger partial charge in [0.15, 0.2) is 11.6 Å². The van der Waals surface area contributed by atoms with Crippen LogP contribution in [0.25, 0.3) is 10.9 Å². The standard InChI is InChI=1S/C15H13FN2O/c16-13-3-1-2-4-15(13)19-9-12-7-10-5-6-11(17)8-14(10)18-12/h1-8,18H,9,17H2. The van der Waals surface area contributed by atoms with E-state index in [0.717, 1.165) is 16.6 Å². The molecule has 0 bridgehead atoms. The fraction of sp³-hybridized carbons (Fsp3) is 0.0667. The summed E-state index contributed by atoms with van der Waals surface area (Å²) in [5, 5.41) is 1.06. The first-order valence-corrected chi connectivity index (χ1v) is 5.97. The Bertz CT molecular complexity index is 721. The average molecular weight is 256 g/mol. The zero-order valence-corrected chi connectivity index (χ0v) is 10.2. The minimum atomic E-state index is -0.358. The summed E-state index contributed by atoms with van der Waals surface area (Å²) in [5.74, 6) is -0.108. The largest absolute Gasteiger partial charge is 0.484 e. The highest BCUT2D eigenvalue weighted by molar-refractivity contribution is 5.83. The van der Waals surface area contributed by atoms with E-state index in [4.69, 9.17) is 10.5 Å². The number of aromatic nitrogens is 1. The van der Waals surface area contributed by atoms with Gasteiger partial charge in [-0.05, 0) is 35.7 Å². The summed E-state index contributed by atoms with van der Waals surface area (Å²) in [6.07, 6.45) is 0. The molecule has 3 nitrogen and oxygen atoms in total. The Morgan fingerprint density at radius 1 is 1.11 bits per heavy atom. The van der Waals surface area contributed by atoms with Gasteiger partial charge in [-0.3, -0.25) is 0 Å². The number of H-pyrrole nitrogens is 1. The summed E-state index contributed by atoms with van der Waals surface area (Å²) in [5.41, 5.74) is 8.25. The van der Waals surface area contributed by atoms with Crippen molar-refractivity contribution in [3.63, 3.8) is 0 Å². The smallest absolute Gasteiger partial charge is 0.165 e. The van der Waals surface area contributed by atoms with Crippen molar-refractivity contribution in [2.75, 3.05) is 5.73 Å². The van der Waals surface area contributed by atoms with E-state index in [9.17, 15) is 4.39 Å². The molecule has 3 aromatic rings. The van der Waals surface area contributed by atoms with Crippen LogP contribution >= 0.6 is 0 Å². The van der Waals surface area contributed by atoms with Crippen LogP contribution < -0.4 is 10.5 Å². The second kappa shape index (κ2) is 4.65. The number of rotatable bonds is 3. The van der Waals surface area contributed by atoms with Gasteiger partial charge in [0, 0.05) is 11.2 Å². The Kier molecular flexibility index (Phi) is 2.83. The molecule has 0 amide bonds. The molecule has 19 heavy (non-hydrogen) atoms. The van der Waals surface area contributed by atoms with Crippen LogP contribution in [0.2, 0.25) is 0 Å². The Morgan fingerprint density at radius 3 is 2.79 bits per heavy atom. The van der Waals surface area contributed by atoms with Crippen LogP contribution in [0.4, 0.5) is 10.1 Å². The summed E-state index contributed by atoms with van der Waals surface area (Å²) in [6.45, 7) is 0.287. The number of nitrogens with two attached hydrogens (primary N) is 1. The predicted octanol–water partition coefficient (Wildman–Crippen LogP) is 3.47. The molecule has 0 aliphatic carbocycles. The normalized spacial score (nSPS) is 10.8. The molecule has 0 saturated carbocycles. The van der Waals surface area contributed by atoms with Crippen molar-refractivity contribution in [3.05, 3.63) is 60.0 Å². The maximum absolute atomic E-state index is 13.4. The quantitative estimate of drug-likeness (QED) is 0.705. The van der Waals surface area contributed by atoms with E-state index < -0.39 is 0 Å². The number of nitrogens with one attached hydrogen (secondary N) is 1. The SMILES string of the molecule is Nc1ccc2cc(COc3ccccc3F)[nH]c2c1. The van der Waals surface area contributed by atoms with Crippen LogP contribution in [0.3, 0.4) is 0 Å². The molecule has 0 aliphatic rings. The molecule has 96 valence electrons. The minimum Gasteiger partial charge on any atom is -0.484 e. The maximum Gasteiger partial charge on any atom is 0.165 e. The number of halogens is 1. The van der Waals surface area contributed by atoms with E-state index in [2.05, 4.69) is 4.98 Å². The number of fused-ring (bicyclic) bond motifs is 1. The lowest BCUT2D eigenvalue weighted by molar-refractivity contribution is 0.287. The zero-order chi connectivity index (χ0) is 13.2. The highest BCUT2D eigenvalue weighted by atomic mass is 19.1. The van der Waals surface area contributed by atoms with Crippen LogP contribution in [-0.2, 0) is 6.61 Å². The van der Waals surface area contributed by atoms with Crippen LogP contribution in [0.15, 0.2) is 48.5 Å². The van der Waals surface area contributed by atoms with Gasteiger partial charge in [-0.15, -0.1) is 0 Å². The number of anilines is 1. The topological polar surface area (TPSA) is 51.0 Å². The van der Waals surface area contributed by atoms with Crippen LogP contribution in [-0.4, -0.2) is 4.98 Å². The number of nitrogen functional groups attached to an aromatic ring is 1. The number of aromatic amines is 1. The van der Waals surface area contributed by atoms with Gasteiger partial charge in [0.25, 0.3) is 0 Å². The highest BCUT2D eigenvalue weighted by Crippen LogP contribution is 2.21. The van der Waals surface area contributed by atoms with Gasteiger partial charge in [0.1, 0.15) is 6.61 Å². The van der Waals surface area contributed by atoms with Crippen molar-refractivity contribution in [2.45, 2.75) is 6.61 Å². The van der Waals surface area contributed by atoms with Crippen LogP contribution in [0.5, 0.6) is 5.75 Å². The number of ether oxygens (including phenoxy) is 1. The first kappa shape index (κ1) is 11.6. The molecule has 0 fully saturated rings. The van der Waals surface area contributed by atoms with Crippen molar-refractivity contribution in [1.82, 2.24) is 4.98 Å². The third-order valence-electron chi connectivity index (χ3n) is 2.92. The van der Waals surface area contributed by atoms with Gasteiger partial charge in [-0.1, -0.05) is 18.2 Å². The molecule has 0 saturated heterocycles. The molecule has 1 aromatic heterocycles. The van der Waals surface area contributed by atoms with E-state index in [1.54, 1.807) is 18.2 Å². The van der Waals surface area contributed by atoms with E-state index in [1.165, 1.54) is 6.07 Å². The molecule has 0 radical (unpaired) electrons. The lowest BCUT2D eigenvalue weighted by atomic mass is 10.2. The highest BCUT2D eigenvalue weighted by Gasteiger charge is 2.04. The average Bonchev–Trinajstić information content (AvgIpc) is 2.79. The molecule has 1 heterocycles. The Morgan fingerprint density at radius 2 is 1.95 bits per heavy atom. The molecule has 0 unspecified atom stereocenters. The number of para-hydroxylation sites is 1. The fourth-order valence-corrected chi connectivity index (χ4v) is 2.00.